The molecule has 0 radical (unpaired) electrons. The third kappa shape index (κ3) is 3.70. The number of benzene rings is 2. The van der Waals surface area contributed by atoms with E-state index in [-0.39, 0.29) is 6.04 Å². The van der Waals surface area contributed by atoms with Gasteiger partial charge in [-0.25, -0.2) is 8.42 Å². The second kappa shape index (κ2) is 8.04. The SMILES string of the molecule is N#CC(c1ccccc1)N1CCN(S(=O)(=O)c2ccc3c(c2)CCCC3)CC1. The summed E-state index contributed by atoms with van der Waals surface area (Å²) >= 11 is 0. The van der Waals surface area contributed by atoms with Gasteiger partial charge in [-0.1, -0.05) is 36.4 Å². The van der Waals surface area contributed by atoms with E-state index in [1.807, 2.05) is 42.5 Å². The van der Waals surface area contributed by atoms with Crippen LogP contribution >= 0.6 is 0 Å². The molecule has 1 atom stereocenters. The van der Waals surface area contributed by atoms with Gasteiger partial charge in [-0.3, -0.25) is 4.90 Å². The molecule has 2 aromatic rings. The summed E-state index contributed by atoms with van der Waals surface area (Å²) < 4.78 is 27.8. The molecular weight excluding hydrogens is 370 g/mol. The number of rotatable bonds is 4. The van der Waals surface area contributed by atoms with Gasteiger partial charge in [-0.05, 0) is 54.5 Å². The molecule has 5 nitrogen and oxygen atoms in total. The van der Waals surface area contributed by atoms with Crippen LogP contribution in [0.3, 0.4) is 0 Å². The van der Waals surface area contributed by atoms with Crippen molar-refractivity contribution in [3.05, 3.63) is 65.2 Å². The van der Waals surface area contributed by atoms with Crippen LogP contribution in [0, 0.1) is 11.3 Å². The molecule has 0 N–H and O–H groups in total. The van der Waals surface area contributed by atoms with E-state index in [9.17, 15) is 13.7 Å². The molecule has 0 amide bonds. The third-order valence-electron chi connectivity index (χ3n) is 5.83. The minimum Gasteiger partial charge on any atom is -0.282 e. The van der Waals surface area contributed by atoms with Crippen LogP contribution in [-0.4, -0.2) is 43.8 Å². The molecule has 4 rings (SSSR count). The van der Waals surface area contributed by atoms with Crippen molar-refractivity contribution in [3.8, 4) is 6.07 Å². The lowest BCUT2D eigenvalue weighted by Gasteiger charge is -2.36. The molecule has 1 heterocycles. The van der Waals surface area contributed by atoms with Crippen molar-refractivity contribution >= 4 is 10.0 Å². The van der Waals surface area contributed by atoms with Crippen LogP contribution in [0.1, 0.15) is 35.6 Å². The van der Waals surface area contributed by atoms with Gasteiger partial charge in [0.25, 0.3) is 0 Å². The Morgan fingerprint density at radius 2 is 1.57 bits per heavy atom. The Hall–Kier alpha value is -2.20. The number of nitrogens with zero attached hydrogens (tertiary/aromatic N) is 3. The summed E-state index contributed by atoms with van der Waals surface area (Å²) in [6, 6.07) is 17.3. The Morgan fingerprint density at radius 3 is 2.25 bits per heavy atom. The number of hydrogen-bond acceptors (Lipinski definition) is 4. The Balaban J connectivity index is 1.48. The van der Waals surface area contributed by atoms with E-state index in [0.29, 0.717) is 31.1 Å². The smallest absolute Gasteiger partial charge is 0.243 e. The topological polar surface area (TPSA) is 64.4 Å². The minimum absolute atomic E-state index is 0.338. The van der Waals surface area contributed by atoms with Crippen LogP contribution in [0.4, 0.5) is 0 Å². The van der Waals surface area contributed by atoms with E-state index in [0.717, 1.165) is 24.8 Å². The van der Waals surface area contributed by atoms with Gasteiger partial charge in [0, 0.05) is 26.2 Å². The first-order valence-corrected chi connectivity index (χ1v) is 11.3. The fourth-order valence-corrected chi connectivity index (χ4v) is 5.70. The van der Waals surface area contributed by atoms with E-state index in [1.54, 1.807) is 10.4 Å². The molecule has 2 aromatic carbocycles. The maximum atomic E-state index is 13.1. The molecule has 0 aromatic heterocycles. The predicted octanol–water partition coefficient (Wildman–Crippen LogP) is 3.14. The van der Waals surface area contributed by atoms with Gasteiger partial charge in [0.2, 0.25) is 10.0 Å². The second-order valence-corrected chi connectivity index (χ2v) is 9.46. The summed E-state index contributed by atoms with van der Waals surface area (Å²) in [5.74, 6) is 0. The number of sulfonamides is 1. The molecule has 1 aliphatic heterocycles. The number of nitriles is 1. The second-order valence-electron chi connectivity index (χ2n) is 7.52. The monoisotopic (exact) mass is 395 g/mol. The molecule has 146 valence electrons. The van der Waals surface area contributed by atoms with Crippen molar-refractivity contribution in [2.45, 2.75) is 36.6 Å². The Labute approximate surface area is 167 Å². The van der Waals surface area contributed by atoms with Crippen molar-refractivity contribution in [1.29, 1.82) is 5.26 Å². The highest BCUT2D eigenvalue weighted by atomic mass is 32.2. The summed E-state index contributed by atoms with van der Waals surface area (Å²) in [6.07, 6.45) is 4.32. The summed E-state index contributed by atoms with van der Waals surface area (Å²) in [5.41, 5.74) is 3.42. The standard InChI is InChI=1S/C22H25N3O2S/c23-17-22(19-7-2-1-3-8-19)24-12-14-25(15-13-24)28(26,27)21-11-10-18-6-4-5-9-20(18)16-21/h1-3,7-8,10-11,16,22H,4-6,9,12-15H2. The normalized spacial score (nSPS) is 19.5. The zero-order valence-electron chi connectivity index (χ0n) is 15.9. The van der Waals surface area contributed by atoms with Gasteiger partial charge >= 0.3 is 0 Å². The summed E-state index contributed by atoms with van der Waals surface area (Å²) in [4.78, 5) is 2.47. The van der Waals surface area contributed by atoms with E-state index in [4.69, 9.17) is 0 Å². The van der Waals surface area contributed by atoms with Crippen LogP contribution in [0.5, 0.6) is 0 Å². The molecule has 1 unspecified atom stereocenters. The lowest BCUT2D eigenvalue weighted by atomic mass is 9.92. The first kappa shape index (κ1) is 19.1. The summed E-state index contributed by atoms with van der Waals surface area (Å²) in [5, 5.41) is 9.62. The average molecular weight is 396 g/mol. The number of aryl methyl sites for hydroxylation is 2. The van der Waals surface area contributed by atoms with Crippen molar-refractivity contribution in [2.24, 2.45) is 0 Å². The van der Waals surface area contributed by atoms with Crippen LogP contribution in [0.15, 0.2) is 53.4 Å². The van der Waals surface area contributed by atoms with Gasteiger partial charge < -0.3 is 0 Å². The van der Waals surface area contributed by atoms with Gasteiger partial charge in [-0.15, -0.1) is 0 Å². The van der Waals surface area contributed by atoms with E-state index < -0.39 is 10.0 Å². The lowest BCUT2D eigenvalue weighted by Crippen LogP contribution is -2.49. The van der Waals surface area contributed by atoms with Crippen LogP contribution in [0.2, 0.25) is 0 Å². The Bertz CT molecular complexity index is 975. The van der Waals surface area contributed by atoms with Crippen molar-refractivity contribution in [1.82, 2.24) is 9.21 Å². The predicted molar refractivity (Wildman–Crippen MR) is 108 cm³/mol. The van der Waals surface area contributed by atoms with Crippen molar-refractivity contribution in [2.75, 3.05) is 26.2 Å². The highest BCUT2D eigenvalue weighted by molar-refractivity contribution is 7.89. The molecule has 28 heavy (non-hydrogen) atoms. The number of hydrogen-bond donors (Lipinski definition) is 0. The van der Waals surface area contributed by atoms with Crippen LogP contribution < -0.4 is 0 Å². The highest BCUT2D eigenvalue weighted by Crippen LogP contribution is 2.27. The van der Waals surface area contributed by atoms with Crippen LogP contribution in [0.25, 0.3) is 0 Å². The van der Waals surface area contributed by atoms with E-state index in [1.165, 1.54) is 17.5 Å². The molecule has 6 heteroatoms. The zero-order valence-corrected chi connectivity index (χ0v) is 16.7. The Kier molecular flexibility index (Phi) is 5.49. The van der Waals surface area contributed by atoms with Crippen molar-refractivity contribution < 1.29 is 8.42 Å². The molecule has 0 bridgehead atoms. The van der Waals surface area contributed by atoms with Gasteiger partial charge in [-0.2, -0.15) is 9.57 Å². The fraction of sp³-hybridized carbons (Fsp3) is 0.409. The largest absolute Gasteiger partial charge is 0.282 e. The minimum atomic E-state index is -3.49. The molecular formula is C22H25N3O2S. The van der Waals surface area contributed by atoms with E-state index in [2.05, 4.69) is 11.0 Å². The van der Waals surface area contributed by atoms with Gasteiger partial charge in [0.1, 0.15) is 6.04 Å². The summed E-state index contributed by atoms with van der Waals surface area (Å²) in [7, 11) is -3.49. The third-order valence-corrected chi connectivity index (χ3v) is 7.73. The number of fused-ring (bicyclic) bond motifs is 1. The zero-order chi connectivity index (χ0) is 19.6. The quantitative estimate of drug-likeness (QED) is 0.798. The molecule has 2 aliphatic rings. The maximum Gasteiger partial charge on any atom is 0.243 e. The molecule has 0 spiro atoms. The first-order valence-electron chi connectivity index (χ1n) is 9.90. The molecule has 1 saturated heterocycles. The Morgan fingerprint density at radius 1 is 0.893 bits per heavy atom. The average Bonchev–Trinajstić information content (AvgIpc) is 2.75. The summed E-state index contributed by atoms with van der Waals surface area (Å²) in [6.45, 7) is 1.92. The molecule has 0 saturated carbocycles. The van der Waals surface area contributed by atoms with Gasteiger partial charge in [0.05, 0.1) is 11.0 Å². The number of piperazine rings is 1. The highest BCUT2D eigenvalue weighted by Gasteiger charge is 2.32. The van der Waals surface area contributed by atoms with E-state index >= 15 is 0 Å². The van der Waals surface area contributed by atoms with Crippen molar-refractivity contribution in [3.63, 3.8) is 0 Å². The first-order chi connectivity index (χ1) is 13.6. The van der Waals surface area contributed by atoms with Crippen LogP contribution in [-0.2, 0) is 22.9 Å². The fourth-order valence-electron chi connectivity index (χ4n) is 4.22. The molecule has 1 aliphatic carbocycles. The molecule has 1 fully saturated rings. The van der Waals surface area contributed by atoms with Gasteiger partial charge in [0.15, 0.2) is 0 Å². The maximum absolute atomic E-state index is 13.1. The lowest BCUT2D eigenvalue weighted by molar-refractivity contribution is 0.162.